The highest BCUT2D eigenvalue weighted by molar-refractivity contribution is 5.98. The molecule has 2 aromatic carbocycles. The Balaban J connectivity index is 1.53. The van der Waals surface area contributed by atoms with Crippen molar-refractivity contribution in [1.29, 1.82) is 0 Å². The fourth-order valence-corrected chi connectivity index (χ4v) is 5.14. The van der Waals surface area contributed by atoms with Crippen molar-refractivity contribution in [3.63, 3.8) is 0 Å². The Bertz CT molecular complexity index is 1210. The number of unbranched alkanes of at least 4 members (excludes halogenated alkanes) is 2. The molecule has 0 spiro atoms. The maximum absolute atomic E-state index is 13.5. The van der Waals surface area contributed by atoms with Gasteiger partial charge in [-0.1, -0.05) is 48.3 Å². The molecule has 4 rings (SSSR count). The average molecular weight is 462 g/mol. The van der Waals surface area contributed by atoms with Crippen LogP contribution in [0.5, 0.6) is 0 Å². The Labute approximate surface area is 200 Å². The van der Waals surface area contributed by atoms with Crippen LogP contribution in [0.25, 0.3) is 22.3 Å². The number of oxime groups is 1. The first kappa shape index (κ1) is 24.0. The molecule has 1 saturated heterocycles. The lowest BCUT2D eigenvalue weighted by Crippen LogP contribution is -2.44. The molecule has 2 heterocycles. The van der Waals surface area contributed by atoms with Gasteiger partial charge in [0.1, 0.15) is 5.69 Å². The van der Waals surface area contributed by atoms with E-state index in [1.165, 1.54) is 19.3 Å². The third-order valence-corrected chi connectivity index (χ3v) is 7.07. The van der Waals surface area contributed by atoms with Gasteiger partial charge in [0.05, 0.1) is 11.0 Å². The zero-order valence-electron chi connectivity index (χ0n) is 20.2. The van der Waals surface area contributed by atoms with Gasteiger partial charge >= 0.3 is 0 Å². The van der Waals surface area contributed by atoms with Crippen molar-refractivity contribution in [3.8, 4) is 11.3 Å². The zero-order valence-corrected chi connectivity index (χ0v) is 20.2. The van der Waals surface area contributed by atoms with E-state index in [1.807, 2.05) is 34.9 Å². The molecule has 1 aliphatic rings. The van der Waals surface area contributed by atoms with Gasteiger partial charge in [0, 0.05) is 29.8 Å². The first-order chi connectivity index (χ1) is 16.5. The lowest BCUT2D eigenvalue weighted by atomic mass is 9.97. The van der Waals surface area contributed by atoms with Gasteiger partial charge in [0.25, 0.3) is 5.56 Å². The van der Waals surface area contributed by atoms with Gasteiger partial charge < -0.3 is 15.5 Å². The summed E-state index contributed by atoms with van der Waals surface area (Å²) in [5.74, 6) is 0.000284. The van der Waals surface area contributed by atoms with Crippen LogP contribution in [0.1, 0.15) is 57.9 Å². The van der Waals surface area contributed by atoms with Crippen molar-refractivity contribution < 1.29 is 5.21 Å². The predicted molar refractivity (Wildman–Crippen MR) is 137 cm³/mol. The summed E-state index contributed by atoms with van der Waals surface area (Å²) in [5.41, 5.74) is 8.84. The van der Waals surface area contributed by atoms with Gasteiger partial charge in [-0.05, 0) is 64.3 Å². The minimum atomic E-state index is -0.117. The number of aryl methyl sites for hydroxylation is 1. The van der Waals surface area contributed by atoms with Crippen LogP contribution in [0, 0.1) is 0 Å². The molecule has 34 heavy (non-hydrogen) atoms. The summed E-state index contributed by atoms with van der Waals surface area (Å²) in [6.07, 6.45) is 7.08. The summed E-state index contributed by atoms with van der Waals surface area (Å²) in [7, 11) is 0. The number of likely N-dealkylation sites (tertiary alicyclic amines) is 1. The van der Waals surface area contributed by atoms with E-state index in [0.717, 1.165) is 36.8 Å². The number of rotatable bonds is 8. The van der Waals surface area contributed by atoms with E-state index in [9.17, 15) is 4.79 Å². The summed E-state index contributed by atoms with van der Waals surface area (Å²) in [6, 6.07) is 16.2. The summed E-state index contributed by atoms with van der Waals surface area (Å²) >= 11 is 0. The molecule has 1 aliphatic heterocycles. The average Bonchev–Trinajstić information content (AvgIpc) is 2.85. The third kappa shape index (κ3) is 5.14. The number of para-hydroxylation sites is 2. The van der Waals surface area contributed by atoms with Crippen LogP contribution in [0.2, 0.25) is 0 Å². The fraction of sp³-hybridized carbons (Fsp3) is 0.444. The molecule has 3 N–H and O–H groups in total. The summed E-state index contributed by atoms with van der Waals surface area (Å²) < 4.78 is 1.85. The summed E-state index contributed by atoms with van der Waals surface area (Å²) in [5, 5.41) is 12.1. The number of hydrogen-bond donors (Lipinski definition) is 2. The molecule has 2 atom stereocenters. The fourth-order valence-electron chi connectivity index (χ4n) is 5.14. The second kappa shape index (κ2) is 10.8. The smallest absolute Gasteiger partial charge is 0.277 e. The van der Waals surface area contributed by atoms with Crippen molar-refractivity contribution >= 4 is 16.9 Å². The largest absolute Gasteiger partial charge is 0.409 e. The van der Waals surface area contributed by atoms with Crippen molar-refractivity contribution in [1.82, 2.24) is 14.5 Å². The molecule has 3 aromatic rings. The van der Waals surface area contributed by atoms with E-state index < -0.39 is 0 Å². The molecule has 180 valence electrons. The standard InChI is InChI=1S/C27H35N5O2/c1-19-10-8-11-20(2)31(19)16-6-3-7-17-32-24-15-5-4-14-23(24)29-25(27(32)33)21-12-9-13-22(18-21)26(28)30-34/h4-5,9,12-15,18-20,34H,3,6-8,10-11,16-17H2,1-2H3,(H2,28,30). The Hall–Kier alpha value is -3.19. The summed E-state index contributed by atoms with van der Waals surface area (Å²) in [4.78, 5) is 20.8. The minimum absolute atomic E-state index is 0.000284. The normalized spacial score (nSPS) is 19.5. The molecule has 0 radical (unpaired) electrons. The highest BCUT2D eigenvalue weighted by Gasteiger charge is 2.23. The third-order valence-electron chi connectivity index (χ3n) is 7.07. The van der Waals surface area contributed by atoms with Crippen molar-refractivity contribution in [2.45, 2.75) is 71.0 Å². The van der Waals surface area contributed by atoms with Crippen LogP contribution in [0.3, 0.4) is 0 Å². The molecule has 0 aliphatic carbocycles. The van der Waals surface area contributed by atoms with Gasteiger partial charge in [-0.15, -0.1) is 0 Å². The van der Waals surface area contributed by atoms with Crippen molar-refractivity contribution in [2.75, 3.05) is 6.54 Å². The number of nitrogens with two attached hydrogens (primary N) is 1. The quantitative estimate of drug-likeness (QED) is 0.168. The number of amidine groups is 1. The van der Waals surface area contributed by atoms with Gasteiger partial charge in [-0.25, -0.2) is 4.98 Å². The van der Waals surface area contributed by atoms with Crippen LogP contribution >= 0.6 is 0 Å². The van der Waals surface area contributed by atoms with E-state index >= 15 is 0 Å². The number of nitrogens with zero attached hydrogens (tertiary/aromatic N) is 4. The van der Waals surface area contributed by atoms with Gasteiger partial charge in [-0.3, -0.25) is 9.69 Å². The van der Waals surface area contributed by atoms with Gasteiger partial charge in [0.2, 0.25) is 0 Å². The Kier molecular flexibility index (Phi) is 7.63. The summed E-state index contributed by atoms with van der Waals surface area (Å²) in [6.45, 7) is 6.46. The lowest BCUT2D eigenvalue weighted by molar-refractivity contribution is 0.101. The van der Waals surface area contributed by atoms with Crippen LogP contribution in [-0.4, -0.2) is 44.1 Å². The number of benzene rings is 2. The zero-order chi connectivity index (χ0) is 24.1. The topological polar surface area (TPSA) is 96.7 Å². The van der Waals surface area contributed by atoms with Gasteiger partial charge in [0.15, 0.2) is 5.84 Å². The van der Waals surface area contributed by atoms with Crippen LogP contribution < -0.4 is 11.3 Å². The van der Waals surface area contributed by atoms with E-state index in [-0.39, 0.29) is 11.4 Å². The highest BCUT2D eigenvalue weighted by Crippen LogP contribution is 2.23. The molecule has 1 aromatic heterocycles. The predicted octanol–water partition coefficient (Wildman–Crippen LogP) is 4.59. The number of hydrogen-bond acceptors (Lipinski definition) is 5. The highest BCUT2D eigenvalue weighted by atomic mass is 16.4. The SMILES string of the molecule is CC1CCCC(C)N1CCCCCn1c(=O)c(-c2cccc(/C(N)=N\O)c2)nc2ccccc21. The van der Waals surface area contributed by atoms with Gasteiger partial charge in [-0.2, -0.15) is 0 Å². The molecular weight excluding hydrogens is 426 g/mol. The molecule has 0 amide bonds. The van der Waals surface area contributed by atoms with Crippen LogP contribution in [0.4, 0.5) is 0 Å². The molecule has 1 fully saturated rings. The monoisotopic (exact) mass is 461 g/mol. The first-order valence-corrected chi connectivity index (χ1v) is 12.3. The van der Waals surface area contributed by atoms with Crippen molar-refractivity contribution in [2.24, 2.45) is 10.9 Å². The van der Waals surface area contributed by atoms with E-state index in [4.69, 9.17) is 10.9 Å². The number of aromatic nitrogens is 2. The minimum Gasteiger partial charge on any atom is -0.409 e. The molecule has 0 bridgehead atoms. The molecular formula is C27H35N5O2. The number of fused-ring (bicyclic) bond motifs is 1. The maximum Gasteiger partial charge on any atom is 0.277 e. The lowest BCUT2D eigenvalue weighted by Gasteiger charge is -2.39. The van der Waals surface area contributed by atoms with Crippen LogP contribution in [0.15, 0.2) is 58.5 Å². The second-order valence-electron chi connectivity index (χ2n) is 9.40. The molecule has 7 heteroatoms. The molecule has 7 nitrogen and oxygen atoms in total. The van der Waals surface area contributed by atoms with Crippen LogP contribution in [-0.2, 0) is 6.54 Å². The Morgan fingerprint density at radius 3 is 2.56 bits per heavy atom. The Morgan fingerprint density at radius 1 is 1.06 bits per heavy atom. The molecule has 0 saturated carbocycles. The molecule has 2 unspecified atom stereocenters. The van der Waals surface area contributed by atoms with E-state index in [0.29, 0.717) is 35.4 Å². The first-order valence-electron chi connectivity index (χ1n) is 12.3. The van der Waals surface area contributed by atoms with E-state index in [2.05, 4.69) is 28.9 Å². The Morgan fingerprint density at radius 2 is 1.79 bits per heavy atom. The second-order valence-corrected chi connectivity index (χ2v) is 9.40. The van der Waals surface area contributed by atoms with Crippen molar-refractivity contribution in [3.05, 3.63) is 64.4 Å². The number of piperidine rings is 1. The van der Waals surface area contributed by atoms with E-state index in [1.54, 1.807) is 18.2 Å². The maximum atomic E-state index is 13.5.